The fourth-order valence-electron chi connectivity index (χ4n) is 1.82. The lowest BCUT2D eigenvalue weighted by molar-refractivity contribution is 0.102. The topological polar surface area (TPSA) is 108 Å². The third-order valence-electron chi connectivity index (χ3n) is 2.70. The van der Waals surface area contributed by atoms with E-state index in [-0.39, 0.29) is 16.4 Å². The highest BCUT2D eigenvalue weighted by atomic mass is 32.1. The summed E-state index contributed by atoms with van der Waals surface area (Å²) in [6.07, 6.45) is 0. The number of hydrogen-bond donors (Lipinski definition) is 3. The van der Waals surface area contributed by atoms with Gasteiger partial charge in [-0.25, -0.2) is 0 Å². The van der Waals surface area contributed by atoms with Crippen molar-refractivity contribution < 1.29 is 9.90 Å². The van der Waals surface area contributed by atoms with E-state index in [0.717, 1.165) is 11.3 Å². The van der Waals surface area contributed by atoms with Crippen LogP contribution in [0.1, 0.15) is 10.4 Å². The molecular formula is C12H8N4O3S. The number of anilines is 1. The first-order chi connectivity index (χ1) is 9.66. The molecule has 1 aromatic carbocycles. The average molecular weight is 288 g/mol. The molecule has 0 fully saturated rings. The number of benzene rings is 1. The highest BCUT2D eigenvalue weighted by Crippen LogP contribution is 2.25. The SMILES string of the molecule is O=C(Nc1nncs1)c1c(O)c2ccccc2[nH]c1=O. The maximum absolute atomic E-state index is 12.0. The zero-order valence-electron chi connectivity index (χ0n) is 9.95. The lowest BCUT2D eigenvalue weighted by Gasteiger charge is -2.06. The zero-order valence-corrected chi connectivity index (χ0v) is 10.8. The van der Waals surface area contributed by atoms with Gasteiger partial charge in [-0.2, -0.15) is 0 Å². The summed E-state index contributed by atoms with van der Waals surface area (Å²) in [6.45, 7) is 0. The molecule has 0 atom stereocenters. The van der Waals surface area contributed by atoms with Gasteiger partial charge in [-0.1, -0.05) is 23.5 Å². The van der Waals surface area contributed by atoms with Crippen molar-refractivity contribution in [2.24, 2.45) is 0 Å². The molecule has 2 heterocycles. The van der Waals surface area contributed by atoms with Gasteiger partial charge in [-0.3, -0.25) is 14.9 Å². The van der Waals surface area contributed by atoms with Crippen LogP contribution in [0.15, 0.2) is 34.6 Å². The number of rotatable bonds is 2. The van der Waals surface area contributed by atoms with E-state index in [9.17, 15) is 14.7 Å². The van der Waals surface area contributed by atoms with Crippen LogP contribution in [0.2, 0.25) is 0 Å². The van der Waals surface area contributed by atoms with E-state index in [2.05, 4.69) is 20.5 Å². The Hall–Kier alpha value is -2.74. The number of hydrogen-bond acceptors (Lipinski definition) is 6. The largest absolute Gasteiger partial charge is 0.506 e. The normalized spacial score (nSPS) is 10.6. The Kier molecular flexibility index (Phi) is 2.92. The molecule has 8 heteroatoms. The molecule has 0 spiro atoms. The first kappa shape index (κ1) is 12.3. The van der Waals surface area contributed by atoms with Crippen LogP contribution in [0.3, 0.4) is 0 Å². The number of nitrogens with zero attached hydrogens (tertiary/aromatic N) is 2. The molecular weight excluding hydrogens is 280 g/mol. The number of pyridine rings is 1. The minimum absolute atomic E-state index is 0.252. The van der Waals surface area contributed by atoms with Crippen LogP contribution >= 0.6 is 11.3 Å². The molecule has 1 amide bonds. The highest BCUT2D eigenvalue weighted by Gasteiger charge is 2.19. The van der Waals surface area contributed by atoms with Crippen molar-refractivity contribution in [1.82, 2.24) is 15.2 Å². The van der Waals surface area contributed by atoms with Gasteiger partial charge in [0, 0.05) is 5.39 Å². The summed E-state index contributed by atoms with van der Waals surface area (Å²) < 4.78 is 0. The van der Waals surface area contributed by atoms with E-state index < -0.39 is 11.5 Å². The Balaban J connectivity index is 2.11. The molecule has 0 aliphatic rings. The van der Waals surface area contributed by atoms with Crippen LogP contribution in [0, 0.1) is 0 Å². The number of carbonyl (C=O) groups excluding carboxylic acids is 1. The van der Waals surface area contributed by atoms with Crippen LogP contribution in [-0.2, 0) is 0 Å². The number of H-pyrrole nitrogens is 1. The lowest BCUT2D eigenvalue weighted by Crippen LogP contribution is -2.23. The van der Waals surface area contributed by atoms with E-state index >= 15 is 0 Å². The molecule has 3 rings (SSSR count). The van der Waals surface area contributed by atoms with Gasteiger partial charge in [0.25, 0.3) is 11.5 Å². The number of para-hydroxylation sites is 1. The van der Waals surface area contributed by atoms with Gasteiger partial charge in [-0.05, 0) is 12.1 Å². The average Bonchev–Trinajstić information content (AvgIpc) is 2.91. The molecule has 100 valence electrons. The number of carbonyl (C=O) groups is 1. The van der Waals surface area contributed by atoms with Gasteiger partial charge >= 0.3 is 0 Å². The summed E-state index contributed by atoms with van der Waals surface area (Å²) in [4.78, 5) is 26.5. The summed E-state index contributed by atoms with van der Waals surface area (Å²) >= 11 is 1.11. The van der Waals surface area contributed by atoms with Gasteiger partial charge in [0.05, 0.1) is 5.52 Å². The van der Waals surface area contributed by atoms with Crippen molar-refractivity contribution in [1.29, 1.82) is 0 Å². The first-order valence-electron chi connectivity index (χ1n) is 5.58. The molecule has 7 nitrogen and oxygen atoms in total. The summed E-state index contributed by atoms with van der Waals surface area (Å²) in [5.41, 5.74) is 0.893. The Morgan fingerprint density at radius 2 is 2.15 bits per heavy atom. The van der Waals surface area contributed by atoms with Gasteiger partial charge in [-0.15, -0.1) is 10.2 Å². The minimum atomic E-state index is -0.730. The molecule has 2 aromatic heterocycles. The second kappa shape index (κ2) is 4.74. The number of amides is 1. The van der Waals surface area contributed by atoms with Crippen molar-refractivity contribution in [2.45, 2.75) is 0 Å². The van der Waals surface area contributed by atoms with Crippen LogP contribution in [0.4, 0.5) is 5.13 Å². The number of aromatic nitrogens is 3. The number of aromatic hydroxyl groups is 1. The predicted molar refractivity (Wildman–Crippen MR) is 74.1 cm³/mol. The predicted octanol–water partition coefficient (Wildman–Crippen LogP) is 1.34. The fraction of sp³-hybridized carbons (Fsp3) is 0. The Bertz CT molecular complexity index is 842. The lowest BCUT2D eigenvalue weighted by atomic mass is 10.1. The summed E-state index contributed by atoms with van der Waals surface area (Å²) in [6, 6.07) is 6.68. The van der Waals surface area contributed by atoms with Crippen molar-refractivity contribution in [3.8, 4) is 5.75 Å². The molecule has 3 aromatic rings. The van der Waals surface area contributed by atoms with Gasteiger partial charge in [0.15, 0.2) is 0 Å². The monoisotopic (exact) mass is 288 g/mol. The van der Waals surface area contributed by atoms with Crippen molar-refractivity contribution in [3.05, 3.63) is 45.7 Å². The van der Waals surface area contributed by atoms with Crippen LogP contribution < -0.4 is 10.9 Å². The fourth-order valence-corrected chi connectivity index (χ4v) is 2.26. The maximum Gasteiger partial charge on any atom is 0.266 e. The highest BCUT2D eigenvalue weighted by molar-refractivity contribution is 7.13. The van der Waals surface area contributed by atoms with E-state index in [1.165, 1.54) is 5.51 Å². The minimum Gasteiger partial charge on any atom is -0.506 e. The number of aromatic amines is 1. The van der Waals surface area contributed by atoms with E-state index in [4.69, 9.17) is 0 Å². The van der Waals surface area contributed by atoms with Crippen molar-refractivity contribution in [3.63, 3.8) is 0 Å². The molecule has 0 aliphatic carbocycles. The first-order valence-corrected chi connectivity index (χ1v) is 6.46. The maximum atomic E-state index is 12.0. The summed E-state index contributed by atoms with van der Waals surface area (Å²) in [5, 5.41) is 20.4. The zero-order chi connectivity index (χ0) is 14.1. The standard InChI is InChI=1S/C12H8N4O3S/c17-9-6-3-1-2-4-7(6)14-10(18)8(9)11(19)15-12-16-13-5-20-12/h1-5H,(H2,14,17,18)(H,15,16,19). The van der Waals surface area contributed by atoms with Crippen LogP contribution in [0.5, 0.6) is 5.75 Å². The third-order valence-corrected chi connectivity index (χ3v) is 3.31. The molecule has 0 saturated carbocycles. The molecule has 0 radical (unpaired) electrons. The third kappa shape index (κ3) is 2.01. The Labute approximate surface area is 115 Å². The Morgan fingerprint density at radius 3 is 2.90 bits per heavy atom. The Morgan fingerprint density at radius 1 is 1.35 bits per heavy atom. The molecule has 3 N–H and O–H groups in total. The van der Waals surface area contributed by atoms with E-state index in [1.54, 1.807) is 24.3 Å². The van der Waals surface area contributed by atoms with Gasteiger partial charge in [0.2, 0.25) is 5.13 Å². The van der Waals surface area contributed by atoms with Gasteiger partial charge in [0.1, 0.15) is 16.8 Å². The van der Waals surface area contributed by atoms with E-state index in [0.29, 0.717) is 10.9 Å². The van der Waals surface area contributed by atoms with Crippen molar-refractivity contribution in [2.75, 3.05) is 5.32 Å². The van der Waals surface area contributed by atoms with Gasteiger partial charge < -0.3 is 10.1 Å². The molecule has 0 unspecified atom stereocenters. The van der Waals surface area contributed by atoms with Crippen LogP contribution in [0.25, 0.3) is 10.9 Å². The number of fused-ring (bicyclic) bond motifs is 1. The molecule has 0 saturated heterocycles. The van der Waals surface area contributed by atoms with E-state index in [1.807, 2.05) is 0 Å². The quantitative estimate of drug-likeness (QED) is 0.659. The second-order valence-corrected chi connectivity index (χ2v) is 4.75. The second-order valence-electron chi connectivity index (χ2n) is 3.92. The smallest absolute Gasteiger partial charge is 0.266 e. The summed E-state index contributed by atoms with van der Waals surface area (Å²) in [7, 11) is 0. The molecule has 0 bridgehead atoms. The molecule has 0 aliphatic heterocycles. The van der Waals surface area contributed by atoms with Crippen molar-refractivity contribution >= 4 is 33.3 Å². The summed E-state index contributed by atoms with van der Waals surface area (Å²) in [5.74, 6) is -1.09. The van der Waals surface area contributed by atoms with Crippen LogP contribution in [-0.4, -0.2) is 26.2 Å². The number of nitrogens with one attached hydrogen (secondary N) is 2. The molecule has 20 heavy (non-hydrogen) atoms.